The van der Waals surface area contributed by atoms with Crippen LogP contribution in [-0.2, 0) is 5.54 Å². The Morgan fingerprint density at radius 2 is 1.64 bits per heavy atom. The lowest BCUT2D eigenvalue weighted by Crippen LogP contribution is -2.47. The summed E-state index contributed by atoms with van der Waals surface area (Å²) in [5, 5.41) is 0. The van der Waals surface area contributed by atoms with Crippen molar-refractivity contribution in [1.29, 1.82) is 0 Å². The second kappa shape index (κ2) is 7.29. The highest BCUT2D eigenvalue weighted by Crippen LogP contribution is 2.47. The molecule has 2 aliphatic rings. The number of hydrogen-bond acceptors (Lipinski definition) is 4. The Morgan fingerprint density at radius 1 is 0.909 bits per heavy atom. The fourth-order valence-corrected chi connectivity index (χ4v) is 5.62. The molecule has 33 heavy (non-hydrogen) atoms. The predicted octanol–water partition coefficient (Wildman–Crippen LogP) is 5.93. The summed E-state index contributed by atoms with van der Waals surface area (Å²) in [5.41, 5.74) is 8.20. The van der Waals surface area contributed by atoms with Crippen LogP contribution in [0.3, 0.4) is 0 Å². The lowest BCUT2D eigenvalue weighted by Gasteiger charge is -2.48. The Labute approximate surface area is 195 Å². The molecule has 6 rings (SSSR count). The number of aromatic nitrogens is 3. The standard InChI is InChI=1S/C28H29N5/c1-19-25(20-12-14-21(15-13-20)28(31(2)3)16-8-17-28)33-24-11-7-18-29-27(24)32(4)23-10-6-5-9-22(23)26(33)30-19/h5-7,9-15,18H,8,16-17H2,1-4H3. The van der Waals surface area contributed by atoms with Crippen LogP contribution < -0.4 is 4.90 Å². The summed E-state index contributed by atoms with van der Waals surface area (Å²) in [6.07, 6.45) is 5.61. The third-order valence-electron chi connectivity index (χ3n) is 7.62. The van der Waals surface area contributed by atoms with Crippen LogP contribution in [-0.4, -0.2) is 40.6 Å². The second-order valence-corrected chi connectivity index (χ2v) is 9.48. The van der Waals surface area contributed by atoms with Crippen molar-refractivity contribution < 1.29 is 0 Å². The normalized spacial score (nSPS) is 16.0. The van der Waals surface area contributed by atoms with E-state index < -0.39 is 0 Å². The third kappa shape index (κ3) is 2.82. The van der Waals surface area contributed by atoms with Gasteiger partial charge in [-0.1, -0.05) is 36.4 Å². The zero-order chi connectivity index (χ0) is 22.7. The van der Waals surface area contributed by atoms with E-state index in [-0.39, 0.29) is 5.54 Å². The molecule has 0 unspecified atom stereocenters. The Bertz CT molecular complexity index is 1350. The molecule has 0 saturated heterocycles. The molecule has 166 valence electrons. The van der Waals surface area contributed by atoms with E-state index in [4.69, 9.17) is 9.97 Å². The molecule has 1 aliphatic carbocycles. The van der Waals surface area contributed by atoms with Crippen LogP contribution in [0.25, 0.3) is 28.3 Å². The number of anilines is 2. The summed E-state index contributed by atoms with van der Waals surface area (Å²) in [6.45, 7) is 2.11. The highest BCUT2D eigenvalue weighted by Gasteiger charge is 2.40. The van der Waals surface area contributed by atoms with Gasteiger partial charge in [-0.2, -0.15) is 0 Å². The van der Waals surface area contributed by atoms with Crippen LogP contribution in [0.5, 0.6) is 0 Å². The quantitative estimate of drug-likeness (QED) is 0.400. The molecule has 3 heterocycles. The average Bonchev–Trinajstić information content (AvgIpc) is 3.10. The minimum atomic E-state index is 0.181. The lowest BCUT2D eigenvalue weighted by molar-refractivity contribution is 0.0577. The average molecular weight is 436 g/mol. The van der Waals surface area contributed by atoms with Gasteiger partial charge in [0.1, 0.15) is 5.82 Å². The van der Waals surface area contributed by atoms with Crippen LogP contribution in [0, 0.1) is 6.92 Å². The van der Waals surface area contributed by atoms with Crippen LogP contribution in [0.15, 0.2) is 66.9 Å². The van der Waals surface area contributed by atoms with E-state index in [0.29, 0.717) is 0 Å². The topological polar surface area (TPSA) is 37.2 Å². The first kappa shape index (κ1) is 20.2. The van der Waals surface area contributed by atoms with Crippen molar-refractivity contribution in [3.05, 3.63) is 78.1 Å². The summed E-state index contributed by atoms with van der Waals surface area (Å²) >= 11 is 0. The van der Waals surface area contributed by atoms with Crippen molar-refractivity contribution in [3.8, 4) is 28.3 Å². The minimum Gasteiger partial charge on any atom is -0.327 e. The van der Waals surface area contributed by atoms with Crippen molar-refractivity contribution in [2.75, 3.05) is 26.0 Å². The maximum Gasteiger partial charge on any atom is 0.157 e. The van der Waals surface area contributed by atoms with E-state index in [1.165, 1.54) is 30.4 Å². The smallest absolute Gasteiger partial charge is 0.157 e. The first-order chi connectivity index (χ1) is 16.0. The van der Waals surface area contributed by atoms with Gasteiger partial charge in [-0.15, -0.1) is 0 Å². The minimum absolute atomic E-state index is 0.181. The van der Waals surface area contributed by atoms with Crippen LogP contribution >= 0.6 is 0 Å². The van der Waals surface area contributed by atoms with Gasteiger partial charge in [-0.25, -0.2) is 9.97 Å². The fraction of sp³-hybridized carbons (Fsp3) is 0.286. The van der Waals surface area contributed by atoms with Gasteiger partial charge >= 0.3 is 0 Å². The molecule has 1 aliphatic heterocycles. The number of nitrogens with zero attached hydrogens (tertiary/aromatic N) is 5. The number of imidazole rings is 1. The molecule has 2 aromatic heterocycles. The van der Waals surface area contributed by atoms with Crippen LogP contribution in [0.1, 0.15) is 30.5 Å². The Morgan fingerprint density at radius 3 is 2.33 bits per heavy atom. The third-order valence-corrected chi connectivity index (χ3v) is 7.62. The van der Waals surface area contributed by atoms with Crippen LogP contribution in [0.2, 0.25) is 0 Å². The van der Waals surface area contributed by atoms with Gasteiger partial charge in [0.05, 0.1) is 22.8 Å². The van der Waals surface area contributed by atoms with Crippen molar-refractivity contribution in [3.63, 3.8) is 0 Å². The van der Waals surface area contributed by atoms with Gasteiger partial charge in [0.2, 0.25) is 0 Å². The summed E-state index contributed by atoms with van der Waals surface area (Å²) < 4.78 is 2.29. The number of para-hydroxylation sites is 1. The SMILES string of the molecule is Cc1nc2n(c1-c1ccc(C3(N(C)C)CCC3)cc1)-c1cccnc1N(C)c1ccccc1-2. The lowest BCUT2D eigenvalue weighted by atomic mass is 9.71. The number of hydrogen-bond donors (Lipinski definition) is 0. The van der Waals surface area contributed by atoms with E-state index in [1.807, 2.05) is 12.3 Å². The number of benzene rings is 2. The first-order valence-corrected chi connectivity index (χ1v) is 11.7. The van der Waals surface area contributed by atoms with Gasteiger partial charge in [0, 0.05) is 29.9 Å². The van der Waals surface area contributed by atoms with Crippen LogP contribution in [0.4, 0.5) is 11.5 Å². The van der Waals surface area contributed by atoms with Crippen molar-refractivity contribution >= 4 is 11.5 Å². The summed E-state index contributed by atoms with van der Waals surface area (Å²) in [7, 11) is 6.48. The highest BCUT2D eigenvalue weighted by atomic mass is 15.2. The van der Waals surface area contributed by atoms with Gasteiger partial charge in [0.15, 0.2) is 5.82 Å². The van der Waals surface area contributed by atoms with E-state index >= 15 is 0 Å². The van der Waals surface area contributed by atoms with Crippen molar-refractivity contribution in [2.45, 2.75) is 31.7 Å². The van der Waals surface area contributed by atoms with E-state index in [0.717, 1.165) is 40.0 Å². The zero-order valence-corrected chi connectivity index (χ0v) is 19.7. The molecule has 0 N–H and O–H groups in total. The molecule has 0 amide bonds. The molecular weight excluding hydrogens is 406 g/mol. The van der Waals surface area contributed by atoms with E-state index in [1.54, 1.807) is 0 Å². The van der Waals surface area contributed by atoms with E-state index in [9.17, 15) is 0 Å². The van der Waals surface area contributed by atoms with Gasteiger partial charge in [-0.05, 0) is 70.1 Å². The maximum atomic E-state index is 5.09. The summed E-state index contributed by atoms with van der Waals surface area (Å²) in [5.74, 6) is 1.89. The molecule has 0 radical (unpaired) electrons. The van der Waals surface area contributed by atoms with E-state index in [2.05, 4.69) is 97.0 Å². The maximum absolute atomic E-state index is 5.09. The second-order valence-electron chi connectivity index (χ2n) is 9.48. The van der Waals surface area contributed by atoms with Crippen molar-refractivity contribution in [2.24, 2.45) is 0 Å². The Hall–Kier alpha value is -3.44. The Kier molecular flexibility index (Phi) is 4.46. The fourth-order valence-electron chi connectivity index (χ4n) is 5.62. The number of pyridine rings is 1. The molecule has 4 aromatic rings. The predicted molar refractivity (Wildman–Crippen MR) is 134 cm³/mol. The largest absolute Gasteiger partial charge is 0.327 e. The highest BCUT2D eigenvalue weighted by molar-refractivity contribution is 5.87. The molecular formula is C28H29N5. The molecule has 1 saturated carbocycles. The molecule has 0 bridgehead atoms. The molecule has 1 fully saturated rings. The molecule has 5 nitrogen and oxygen atoms in total. The number of fused-ring (bicyclic) bond motifs is 5. The number of aryl methyl sites for hydroxylation is 1. The van der Waals surface area contributed by atoms with Gasteiger partial charge < -0.3 is 4.90 Å². The Balaban J connectivity index is 1.57. The van der Waals surface area contributed by atoms with Crippen molar-refractivity contribution in [1.82, 2.24) is 19.4 Å². The molecule has 0 atom stereocenters. The first-order valence-electron chi connectivity index (χ1n) is 11.7. The monoisotopic (exact) mass is 435 g/mol. The molecule has 5 heteroatoms. The zero-order valence-electron chi connectivity index (χ0n) is 19.7. The molecule has 0 spiro atoms. The molecule has 2 aromatic carbocycles. The van der Waals surface area contributed by atoms with Gasteiger partial charge in [0.25, 0.3) is 0 Å². The number of rotatable bonds is 3. The summed E-state index contributed by atoms with van der Waals surface area (Å²) in [6, 6.07) is 21.8. The summed E-state index contributed by atoms with van der Waals surface area (Å²) in [4.78, 5) is 14.4. The van der Waals surface area contributed by atoms with Gasteiger partial charge in [-0.3, -0.25) is 9.47 Å².